The number of nitrogens with zero attached hydrogens (tertiary/aromatic N) is 3. The van der Waals surface area contributed by atoms with Crippen molar-refractivity contribution in [2.24, 2.45) is 0 Å². The number of rotatable bonds is 2. The molecule has 0 saturated carbocycles. The highest BCUT2D eigenvalue weighted by atomic mass is 16.4. The summed E-state index contributed by atoms with van der Waals surface area (Å²) in [7, 11) is 0. The molecule has 2 heterocycles. The highest BCUT2D eigenvalue weighted by molar-refractivity contribution is 5.84. The van der Waals surface area contributed by atoms with Gasteiger partial charge in [0.15, 0.2) is 0 Å². The first-order valence-corrected chi connectivity index (χ1v) is 4.42. The molecule has 0 amide bonds. The van der Waals surface area contributed by atoms with Crippen LogP contribution in [0.2, 0.25) is 0 Å². The molecule has 6 heteroatoms. The van der Waals surface area contributed by atoms with Gasteiger partial charge in [-0.15, -0.1) is 0 Å². The van der Waals surface area contributed by atoms with Gasteiger partial charge in [0.1, 0.15) is 0 Å². The molecule has 2 aromatic rings. The Morgan fingerprint density at radius 2 is 1.94 bits per heavy atom. The first-order valence-electron chi connectivity index (χ1n) is 4.42. The Kier molecular flexibility index (Phi) is 2.47. The van der Waals surface area contributed by atoms with Crippen molar-refractivity contribution in [3.8, 4) is 5.69 Å². The Morgan fingerprint density at radius 1 is 1.25 bits per heavy atom. The molecule has 16 heavy (non-hydrogen) atoms. The second-order valence-corrected chi connectivity index (χ2v) is 2.98. The Hall–Kier alpha value is -2.50. The fraction of sp³-hybridized carbons (Fsp3) is 0. The standard InChI is InChI=1S/C10H7N3O3/c14-8-3-6-13(12-9(8)10(15)16)7-1-4-11-5-2-7/h1-6H,(H,15,16). The SMILES string of the molecule is O=C(O)c1nn(-c2ccncc2)ccc1=O. The van der Waals surface area contributed by atoms with Crippen LogP contribution in [0, 0.1) is 0 Å². The summed E-state index contributed by atoms with van der Waals surface area (Å²) < 4.78 is 1.31. The average molecular weight is 217 g/mol. The molecule has 0 unspecified atom stereocenters. The highest BCUT2D eigenvalue weighted by Gasteiger charge is 2.10. The maximum Gasteiger partial charge on any atom is 0.360 e. The second-order valence-electron chi connectivity index (χ2n) is 2.98. The zero-order valence-corrected chi connectivity index (χ0v) is 8.07. The number of carboxylic acids is 1. The van der Waals surface area contributed by atoms with E-state index in [4.69, 9.17) is 5.11 Å². The highest BCUT2D eigenvalue weighted by Crippen LogP contribution is 2.02. The van der Waals surface area contributed by atoms with Crippen LogP contribution >= 0.6 is 0 Å². The molecule has 0 bridgehead atoms. The molecule has 0 aromatic carbocycles. The lowest BCUT2D eigenvalue weighted by atomic mass is 10.3. The quantitative estimate of drug-likeness (QED) is 0.783. The van der Waals surface area contributed by atoms with Gasteiger partial charge in [0.05, 0.1) is 5.69 Å². The van der Waals surface area contributed by atoms with Gasteiger partial charge in [-0.3, -0.25) is 9.78 Å². The molecule has 0 aliphatic heterocycles. The van der Waals surface area contributed by atoms with E-state index in [2.05, 4.69) is 10.1 Å². The van der Waals surface area contributed by atoms with Crippen molar-refractivity contribution >= 4 is 5.97 Å². The third kappa shape index (κ3) is 1.81. The molecule has 0 fully saturated rings. The van der Waals surface area contributed by atoms with Crippen LogP contribution < -0.4 is 5.43 Å². The third-order valence-electron chi connectivity index (χ3n) is 1.94. The topological polar surface area (TPSA) is 85.1 Å². The minimum Gasteiger partial charge on any atom is -0.476 e. The van der Waals surface area contributed by atoms with Crippen LogP contribution in [0.3, 0.4) is 0 Å². The van der Waals surface area contributed by atoms with Crippen LogP contribution in [0.1, 0.15) is 10.5 Å². The van der Waals surface area contributed by atoms with Crippen molar-refractivity contribution in [3.63, 3.8) is 0 Å². The Morgan fingerprint density at radius 3 is 2.56 bits per heavy atom. The summed E-state index contributed by atoms with van der Waals surface area (Å²) in [6, 6.07) is 4.48. The molecular formula is C10H7N3O3. The minimum atomic E-state index is -1.34. The molecule has 1 N–H and O–H groups in total. The lowest BCUT2D eigenvalue weighted by molar-refractivity contribution is 0.0687. The lowest BCUT2D eigenvalue weighted by Crippen LogP contribution is -2.20. The molecule has 80 valence electrons. The number of hydrogen-bond acceptors (Lipinski definition) is 4. The summed E-state index contributed by atoms with van der Waals surface area (Å²) in [6.45, 7) is 0. The molecule has 0 radical (unpaired) electrons. The second kappa shape index (κ2) is 3.93. The van der Waals surface area contributed by atoms with E-state index in [1.165, 1.54) is 10.9 Å². The van der Waals surface area contributed by atoms with Gasteiger partial charge < -0.3 is 5.11 Å². The monoisotopic (exact) mass is 217 g/mol. The van der Waals surface area contributed by atoms with Gasteiger partial charge in [-0.05, 0) is 12.1 Å². The summed E-state index contributed by atoms with van der Waals surface area (Å²) in [5.74, 6) is -1.34. The van der Waals surface area contributed by atoms with Crippen LogP contribution in [0.5, 0.6) is 0 Å². The van der Waals surface area contributed by atoms with Crippen molar-refractivity contribution in [2.45, 2.75) is 0 Å². The molecule has 6 nitrogen and oxygen atoms in total. The Labute approximate surface area is 89.8 Å². The van der Waals surface area contributed by atoms with Crippen molar-refractivity contribution in [3.05, 3.63) is 52.7 Å². The summed E-state index contributed by atoms with van der Waals surface area (Å²) >= 11 is 0. The molecular weight excluding hydrogens is 210 g/mol. The first kappa shape index (κ1) is 10.0. The molecule has 0 atom stereocenters. The zero-order chi connectivity index (χ0) is 11.5. The van der Waals surface area contributed by atoms with Crippen LogP contribution in [0.4, 0.5) is 0 Å². The van der Waals surface area contributed by atoms with E-state index in [1.807, 2.05) is 0 Å². The summed E-state index contributed by atoms with van der Waals surface area (Å²) in [5.41, 5.74) is -0.477. The van der Waals surface area contributed by atoms with Crippen molar-refractivity contribution in [1.29, 1.82) is 0 Å². The number of aromatic nitrogens is 3. The van der Waals surface area contributed by atoms with E-state index < -0.39 is 17.1 Å². The first-order chi connectivity index (χ1) is 7.68. The largest absolute Gasteiger partial charge is 0.476 e. The fourth-order valence-electron chi connectivity index (χ4n) is 1.20. The molecule has 0 aliphatic rings. The van der Waals surface area contributed by atoms with Gasteiger partial charge >= 0.3 is 5.97 Å². The molecule has 0 spiro atoms. The van der Waals surface area contributed by atoms with Crippen molar-refractivity contribution < 1.29 is 9.90 Å². The normalized spacial score (nSPS) is 10.0. The number of hydrogen-bond donors (Lipinski definition) is 1. The fourth-order valence-corrected chi connectivity index (χ4v) is 1.20. The lowest BCUT2D eigenvalue weighted by Gasteiger charge is -2.04. The molecule has 0 saturated heterocycles. The van der Waals surface area contributed by atoms with E-state index in [1.54, 1.807) is 24.5 Å². The van der Waals surface area contributed by atoms with Gasteiger partial charge in [0.25, 0.3) is 0 Å². The van der Waals surface area contributed by atoms with Gasteiger partial charge in [-0.1, -0.05) is 0 Å². The predicted molar refractivity (Wildman–Crippen MR) is 54.6 cm³/mol. The predicted octanol–water partition coefficient (Wildman–Crippen LogP) is 0.326. The van der Waals surface area contributed by atoms with E-state index in [0.29, 0.717) is 5.69 Å². The maximum absolute atomic E-state index is 11.2. The third-order valence-corrected chi connectivity index (χ3v) is 1.94. The van der Waals surface area contributed by atoms with Crippen molar-refractivity contribution in [1.82, 2.24) is 14.8 Å². The van der Waals surface area contributed by atoms with Crippen LogP contribution in [-0.4, -0.2) is 25.8 Å². The maximum atomic E-state index is 11.2. The van der Waals surface area contributed by atoms with E-state index in [0.717, 1.165) is 6.07 Å². The van der Waals surface area contributed by atoms with Crippen LogP contribution in [0.15, 0.2) is 41.6 Å². The molecule has 2 aromatic heterocycles. The van der Waals surface area contributed by atoms with Gasteiger partial charge in [-0.25, -0.2) is 9.48 Å². The molecule has 0 aliphatic carbocycles. The number of carboxylic acid groups (broad SMARTS) is 1. The summed E-state index contributed by atoms with van der Waals surface area (Å²) in [5, 5.41) is 12.5. The number of carbonyl (C=O) groups is 1. The van der Waals surface area contributed by atoms with Gasteiger partial charge in [-0.2, -0.15) is 5.10 Å². The Balaban J connectivity index is 2.57. The number of pyridine rings is 1. The summed E-state index contributed by atoms with van der Waals surface area (Å²) in [6.07, 6.45) is 4.51. The Bertz CT molecular complexity index is 577. The van der Waals surface area contributed by atoms with E-state index in [-0.39, 0.29) is 0 Å². The van der Waals surface area contributed by atoms with Crippen molar-refractivity contribution in [2.75, 3.05) is 0 Å². The van der Waals surface area contributed by atoms with E-state index in [9.17, 15) is 9.59 Å². The minimum absolute atomic E-state index is 0.501. The van der Waals surface area contributed by atoms with Gasteiger partial charge in [0.2, 0.25) is 11.1 Å². The number of aromatic carboxylic acids is 1. The van der Waals surface area contributed by atoms with Crippen LogP contribution in [-0.2, 0) is 0 Å². The molecule has 2 rings (SSSR count). The van der Waals surface area contributed by atoms with Gasteiger partial charge in [0, 0.05) is 24.7 Å². The summed E-state index contributed by atoms with van der Waals surface area (Å²) in [4.78, 5) is 25.7. The zero-order valence-electron chi connectivity index (χ0n) is 8.07. The average Bonchev–Trinajstić information content (AvgIpc) is 2.30. The van der Waals surface area contributed by atoms with E-state index >= 15 is 0 Å². The smallest absolute Gasteiger partial charge is 0.360 e. The van der Waals surface area contributed by atoms with Crippen LogP contribution in [0.25, 0.3) is 5.69 Å².